The summed E-state index contributed by atoms with van der Waals surface area (Å²) in [5.41, 5.74) is -0.472. The molecule has 0 saturated carbocycles. The molecule has 0 aromatic carbocycles. The lowest BCUT2D eigenvalue weighted by Crippen LogP contribution is -2.42. The van der Waals surface area contributed by atoms with Gasteiger partial charge in [-0.2, -0.15) is 5.26 Å². The van der Waals surface area contributed by atoms with Crippen molar-refractivity contribution in [2.45, 2.75) is 32.7 Å². The van der Waals surface area contributed by atoms with Gasteiger partial charge in [0, 0.05) is 0 Å². The van der Waals surface area contributed by atoms with Gasteiger partial charge in [0.05, 0.1) is 12.6 Å². The smallest absolute Gasteiger partial charge is 0.104 e. The highest BCUT2D eigenvalue weighted by Gasteiger charge is 2.23. The third-order valence-electron chi connectivity index (χ3n) is 1.64. The molecule has 0 bridgehead atoms. The summed E-state index contributed by atoms with van der Waals surface area (Å²) in [7, 11) is 0. The quantitative estimate of drug-likeness (QED) is 0.640. The molecule has 66 valence electrons. The highest BCUT2D eigenvalue weighted by Crippen LogP contribution is 2.14. The van der Waals surface area contributed by atoms with Crippen molar-refractivity contribution in [1.82, 2.24) is 5.32 Å². The van der Waals surface area contributed by atoms with Crippen molar-refractivity contribution in [2.24, 2.45) is 5.92 Å². The molecule has 2 nitrogen and oxygen atoms in total. The largest absolute Gasteiger partial charge is 0.289 e. The third kappa shape index (κ3) is 4.01. The van der Waals surface area contributed by atoms with Crippen LogP contribution in [0.2, 0.25) is 0 Å². The third-order valence-corrected chi connectivity index (χ3v) is 1.64. The van der Waals surface area contributed by atoms with Crippen LogP contribution in [0.4, 0.5) is 0 Å². The van der Waals surface area contributed by atoms with Gasteiger partial charge in [0.2, 0.25) is 0 Å². The fourth-order valence-corrected chi connectivity index (χ4v) is 1.22. The molecule has 0 spiro atoms. The predicted molar refractivity (Wildman–Crippen MR) is 50.3 cm³/mol. The van der Waals surface area contributed by atoms with Gasteiger partial charge in [-0.25, -0.2) is 0 Å². The Kier molecular flexibility index (Phi) is 4.40. The first-order valence-electron chi connectivity index (χ1n) is 4.14. The maximum Gasteiger partial charge on any atom is 0.104 e. The van der Waals surface area contributed by atoms with E-state index < -0.39 is 5.54 Å². The Bertz CT molecular complexity index is 207. The summed E-state index contributed by atoms with van der Waals surface area (Å²) in [6.45, 7) is 6.52. The summed E-state index contributed by atoms with van der Waals surface area (Å²) < 4.78 is 0. The van der Waals surface area contributed by atoms with Gasteiger partial charge in [0.15, 0.2) is 0 Å². The van der Waals surface area contributed by atoms with Crippen LogP contribution in [0.3, 0.4) is 0 Å². The lowest BCUT2D eigenvalue weighted by molar-refractivity contribution is 0.380. The van der Waals surface area contributed by atoms with E-state index in [1.54, 1.807) is 0 Å². The molecular formula is C10H16N2. The summed E-state index contributed by atoms with van der Waals surface area (Å²) in [6, 6.07) is 2.24. The molecule has 1 atom stereocenters. The van der Waals surface area contributed by atoms with E-state index in [9.17, 15) is 0 Å². The normalized spacial score (nSPS) is 14.8. The molecule has 0 saturated heterocycles. The molecule has 0 aliphatic heterocycles. The Morgan fingerprint density at radius 3 is 2.50 bits per heavy atom. The second-order valence-electron chi connectivity index (χ2n) is 3.60. The van der Waals surface area contributed by atoms with Crippen LogP contribution in [0, 0.1) is 29.6 Å². The first kappa shape index (κ1) is 11.0. The van der Waals surface area contributed by atoms with Gasteiger partial charge in [-0.1, -0.05) is 19.8 Å². The Balaban J connectivity index is 4.09. The van der Waals surface area contributed by atoms with Crippen molar-refractivity contribution in [3.05, 3.63) is 0 Å². The number of hydrogen-bond acceptors (Lipinski definition) is 2. The van der Waals surface area contributed by atoms with Gasteiger partial charge in [-0.15, -0.1) is 6.42 Å². The van der Waals surface area contributed by atoms with E-state index in [0.717, 1.165) is 6.42 Å². The van der Waals surface area contributed by atoms with Crippen LogP contribution in [0.25, 0.3) is 0 Å². The van der Waals surface area contributed by atoms with Crippen LogP contribution in [-0.2, 0) is 0 Å². The first-order chi connectivity index (χ1) is 5.54. The van der Waals surface area contributed by atoms with Crippen molar-refractivity contribution in [2.75, 3.05) is 6.54 Å². The van der Waals surface area contributed by atoms with E-state index in [1.165, 1.54) is 0 Å². The lowest BCUT2D eigenvalue weighted by Gasteiger charge is -2.23. The summed E-state index contributed by atoms with van der Waals surface area (Å²) in [5.74, 6) is 2.97. The van der Waals surface area contributed by atoms with Gasteiger partial charge in [-0.3, -0.25) is 5.32 Å². The average Bonchev–Trinajstić information content (AvgIpc) is 2.00. The van der Waals surface area contributed by atoms with Crippen molar-refractivity contribution in [3.63, 3.8) is 0 Å². The van der Waals surface area contributed by atoms with Crippen LogP contribution < -0.4 is 5.32 Å². The van der Waals surface area contributed by atoms with Gasteiger partial charge in [0.1, 0.15) is 5.54 Å². The molecule has 0 fully saturated rings. The van der Waals surface area contributed by atoms with Gasteiger partial charge in [-0.05, 0) is 19.3 Å². The van der Waals surface area contributed by atoms with Crippen LogP contribution >= 0.6 is 0 Å². The SMILES string of the molecule is C#CCNC(C)(C#N)CC(C)C. The summed E-state index contributed by atoms with van der Waals surface area (Å²) in [4.78, 5) is 0. The predicted octanol–water partition coefficient (Wildman–Crippen LogP) is 1.54. The van der Waals surface area contributed by atoms with E-state index in [1.807, 2.05) is 6.92 Å². The highest BCUT2D eigenvalue weighted by molar-refractivity contribution is 5.06. The number of nitrogens with zero attached hydrogens (tertiary/aromatic N) is 1. The van der Waals surface area contributed by atoms with E-state index in [2.05, 4.69) is 31.2 Å². The molecule has 0 amide bonds. The van der Waals surface area contributed by atoms with Crippen LogP contribution in [0.1, 0.15) is 27.2 Å². The lowest BCUT2D eigenvalue weighted by atomic mass is 9.92. The minimum absolute atomic E-state index is 0.455. The Morgan fingerprint density at radius 1 is 1.58 bits per heavy atom. The van der Waals surface area contributed by atoms with Crippen molar-refractivity contribution >= 4 is 0 Å². The molecule has 0 aliphatic rings. The first-order valence-corrected chi connectivity index (χ1v) is 4.14. The van der Waals surface area contributed by atoms with E-state index in [4.69, 9.17) is 11.7 Å². The minimum Gasteiger partial charge on any atom is -0.289 e. The van der Waals surface area contributed by atoms with E-state index in [0.29, 0.717) is 12.5 Å². The molecule has 0 aliphatic carbocycles. The molecule has 0 aromatic heterocycles. The second-order valence-corrected chi connectivity index (χ2v) is 3.60. The number of nitriles is 1. The molecular weight excluding hydrogens is 148 g/mol. The summed E-state index contributed by atoms with van der Waals surface area (Å²) >= 11 is 0. The molecule has 0 heterocycles. The standard InChI is InChI=1S/C10H16N2/c1-5-6-12-10(4,8-11)7-9(2)3/h1,9,12H,6-7H2,2-4H3. The fraction of sp³-hybridized carbons (Fsp3) is 0.700. The molecule has 0 aromatic rings. The monoisotopic (exact) mass is 164 g/mol. The summed E-state index contributed by atoms with van der Waals surface area (Å²) in [6.07, 6.45) is 5.92. The van der Waals surface area contributed by atoms with Gasteiger partial charge < -0.3 is 0 Å². The zero-order valence-corrected chi connectivity index (χ0v) is 8.02. The minimum atomic E-state index is -0.472. The molecule has 0 radical (unpaired) electrons. The molecule has 2 heteroatoms. The molecule has 1 N–H and O–H groups in total. The maximum absolute atomic E-state index is 8.88. The zero-order chi connectivity index (χ0) is 9.61. The molecule has 12 heavy (non-hydrogen) atoms. The molecule has 0 rings (SSSR count). The Labute approximate surface area is 75.0 Å². The number of nitrogens with one attached hydrogen (secondary N) is 1. The van der Waals surface area contributed by atoms with Crippen molar-refractivity contribution in [1.29, 1.82) is 5.26 Å². The van der Waals surface area contributed by atoms with Gasteiger partial charge >= 0.3 is 0 Å². The number of terminal acetylenes is 1. The second kappa shape index (κ2) is 4.80. The van der Waals surface area contributed by atoms with E-state index >= 15 is 0 Å². The fourth-order valence-electron chi connectivity index (χ4n) is 1.22. The van der Waals surface area contributed by atoms with Crippen molar-refractivity contribution in [3.8, 4) is 18.4 Å². The Hall–Kier alpha value is -0.990. The Morgan fingerprint density at radius 2 is 2.17 bits per heavy atom. The van der Waals surface area contributed by atoms with Crippen molar-refractivity contribution < 1.29 is 0 Å². The van der Waals surface area contributed by atoms with Crippen LogP contribution in [0.5, 0.6) is 0 Å². The average molecular weight is 164 g/mol. The van der Waals surface area contributed by atoms with Gasteiger partial charge in [0.25, 0.3) is 0 Å². The van der Waals surface area contributed by atoms with E-state index in [-0.39, 0.29) is 0 Å². The van der Waals surface area contributed by atoms with Crippen LogP contribution in [-0.4, -0.2) is 12.1 Å². The topological polar surface area (TPSA) is 35.8 Å². The number of rotatable bonds is 4. The summed E-state index contributed by atoms with van der Waals surface area (Å²) in [5, 5.41) is 11.9. The van der Waals surface area contributed by atoms with Crippen LogP contribution in [0.15, 0.2) is 0 Å². The highest BCUT2D eigenvalue weighted by atomic mass is 15.0. The number of hydrogen-bond donors (Lipinski definition) is 1. The maximum atomic E-state index is 8.88. The molecule has 1 unspecified atom stereocenters. The zero-order valence-electron chi connectivity index (χ0n) is 8.02.